The van der Waals surface area contributed by atoms with E-state index < -0.39 is 136 Å². The van der Waals surface area contributed by atoms with E-state index >= 15 is 0 Å². The molecule has 4 rings (SSSR count). The molecular formula is C33H43ClN4O18. The van der Waals surface area contributed by atoms with Gasteiger partial charge in [-0.15, -0.1) is 41.9 Å². The van der Waals surface area contributed by atoms with Crippen molar-refractivity contribution < 1.29 is 73.1 Å². The van der Waals surface area contributed by atoms with Crippen LogP contribution in [0.1, 0.15) is 65.7 Å². The molecule has 23 heteroatoms. The third-order valence-electron chi connectivity index (χ3n) is 11.7. The van der Waals surface area contributed by atoms with Gasteiger partial charge in [0.1, 0.15) is 19.3 Å². The molecule has 0 aromatic rings. The number of nitrogens with two attached hydrogens (primary N) is 1. The summed E-state index contributed by atoms with van der Waals surface area (Å²) >= 11 is 7.52. The Morgan fingerprint density at radius 1 is 1.02 bits per heavy atom. The number of fused-ring (bicyclic) bond motifs is 5. The summed E-state index contributed by atoms with van der Waals surface area (Å²) in [6.07, 6.45) is 1.22. The Morgan fingerprint density at radius 2 is 1.70 bits per heavy atom. The Bertz CT molecular complexity index is 1690. The Hall–Kier alpha value is -4.96. The first kappa shape index (κ1) is 43.8. The highest BCUT2D eigenvalue weighted by Crippen LogP contribution is 2.72. The molecule has 3 saturated carbocycles. The molecule has 0 aliphatic heterocycles. The van der Waals surface area contributed by atoms with Gasteiger partial charge in [0.15, 0.2) is 24.1 Å². The van der Waals surface area contributed by atoms with Crippen molar-refractivity contribution in [3.63, 3.8) is 0 Å². The average Bonchev–Trinajstić information content (AvgIpc) is 3.32. The zero-order valence-electron chi connectivity index (χ0n) is 30.7. The zero-order valence-corrected chi connectivity index (χ0v) is 31.4. The summed E-state index contributed by atoms with van der Waals surface area (Å²) in [5.41, 5.74) is 2.25. The van der Waals surface area contributed by atoms with E-state index in [0.717, 1.165) is 5.57 Å². The quantitative estimate of drug-likeness (QED) is 0.0463. The van der Waals surface area contributed by atoms with Gasteiger partial charge in [0.05, 0.1) is 24.0 Å². The fraction of sp³-hybridized carbons (Fsp3) is 0.727. The van der Waals surface area contributed by atoms with Gasteiger partial charge in [-0.2, -0.15) is 0 Å². The van der Waals surface area contributed by atoms with Gasteiger partial charge in [-0.3, -0.25) is 24.0 Å². The summed E-state index contributed by atoms with van der Waals surface area (Å²) in [5, 5.41) is 40.1. The number of esters is 3. The molecule has 3 N–H and O–H groups in total. The lowest BCUT2D eigenvalue weighted by Crippen LogP contribution is -2.69. The molecule has 0 spiro atoms. The van der Waals surface area contributed by atoms with Crippen LogP contribution in [0, 0.1) is 58.9 Å². The third-order valence-corrected chi connectivity index (χ3v) is 12.6. The summed E-state index contributed by atoms with van der Waals surface area (Å²) in [4.78, 5) is 108. The van der Waals surface area contributed by atoms with Gasteiger partial charge >= 0.3 is 17.9 Å². The van der Waals surface area contributed by atoms with Crippen LogP contribution in [-0.4, -0.2) is 105 Å². The van der Waals surface area contributed by atoms with E-state index in [1.54, 1.807) is 19.9 Å². The number of ether oxygens (including phenoxy) is 3. The monoisotopic (exact) mass is 818 g/mol. The summed E-state index contributed by atoms with van der Waals surface area (Å²) < 4.78 is 16.1. The molecule has 0 saturated heterocycles. The SMILES string of the molecule is C[C@H]1CC2C3CCC4=CC(=O)C=C[C@]4(C)[C@@]3(Cl)[C@@H](O)C[C@]2(C)[C@@]1(OC(=O)CCCO[N+](=O)[O-])C(=O)COC(=O)CC(N)C(=O)OCC(CO[N+](=O)[O-])O[N+](=O)[O-]. The number of rotatable bonds is 19. The largest absolute Gasteiger partial charge is 0.462 e. The maximum atomic E-state index is 14.5. The summed E-state index contributed by atoms with van der Waals surface area (Å²) in [6, 6.07) is -1.73. The number of halogens is 1. The lowest BCUT2D eigenvalue weighted by Gasteiger charge is -2.64. The van der Waals surface area contributed by atoms with E-state index in [9.17, 15) is 59.4 Å². The number of aliphatic hydroxyl groups is 1. The second-order valence-electron chi connectivity index (χ2n) is 14.8. The van der Waals surface area contributed by atoms with Crippen molar-refractivity contribution >= 4 is 41.1 Å². The first-order valence-electron chi connectivity index (χ1n) is 17.6. The van der Waals surface area contributed by atoms with Crippen LogP contribution in [0.3, 0.4) is 0 Å². The van der Waals surface area contributed by atoms with Crippen molar-refractivity contribution in [1.82, 2.24) is 0 Å². The Balaban J connectivity index is 1.54. The van der Waals surface area contributed by atoms with Crippen molar-refractivity contribution in [3.8, 4) is 0 Å². The lowest BCUT2D eigenvalue weighted by molar-refractivity contribution is -0.790. The fourth-order valence-corrected chi connectivity index (χ4v) is 9.74. The van der Waals surface area contributed by atoms with Crippen molar-refractivity contribution in [2.24, 2.45) is 34.3 Å². The number of allylic oxidation sites excluding steroid dienone is 4. The van der Waals surface area contributed by atoms with E-state index in [4.69, 9.17) is 31.5 Å². The number of Topliss-reactive ketones (excluding diaryl/α,β-unsaturated/α-hetero) is 1. The standard InChI is InChI=1S/C33H43ClN4O18/c1-18-11-23-22-7-6-19-12-20(39)8-9-30(19,2)32(22,34)25(40)14-31(23,3)33(18,55-27(42)5-4-10-53-36(45)46)26(41)17-51-28(43)13-24(35)29(44)52-15-21(56-38(49)50)16-54-37(47)48/h8-9,12,18,21-25,40H,4-7,10-11,13-17,35H2,1-3H3/t18-,21?,22?,23?,24?,25-,30-,31-,32-,33-/m0/s1. The molecular weight excluding hydrogens is 776 g/mol. The van der Waals surface area contributed by atoms with E-state index in [0.29, 0.717) is 12.8 Å². The average molecular weight is 819 g/mol. The molecule has 56 heavy (non-hydrogen) atoms. The second-order valence-corrected chi connectivity index (χ2v) is 15.4. The number of carbonyl (C=O) groups is 5. The maximum Gasteiger partial charge on any atom is 0.323 e. The normalized spacial score (nSPS) is 32.5. The highest BCUT2D eigenvalue weighted by atomic mass is 35.5. The van der Waals surface area contributed by atoms with Gasteiger partial charge in [0, 0.05) is 23.2 Å². The van der Waals surface area contributed by atoms with Gasteiger partial charge in [0.25, 0.3) is 15.3 Å². The minimum atomic E-state index is -2.02. The van der Waals surface area contributed by atoms with E-state index in [-0.39, 0.29) is 25.0 Å². The molecule has 0 radical (unpaired) electrons. The van der Waals surface area contributed by atoms with Crippen LogP contribution in [0.15, 0.2) is 23.8 Å². The Morgan fingerprint density at radius 3 is 2.34 bits per heavy atom. The first-order valence-corrected chi connectivity index (χ1v) is 18.0. The smallest absolute Gasteiger partial charge is 0.323 e. The van der Waals surface area contributed by atoms with E-state index in [2.05, 4.69) is 14.5 Å². The topological polar surface area (TPSA) is 316 Å². The fourth-order valence-electron chi connectivity index (χ4n) is 9.22. The van der Waals surface area contributed by atoms with Crippen LogP contribution in [0.2, 0.25) is 0 Å². The predicted molar refractivity (Wildman–Crippen MR) is 183 cm³/mol. The minimum absolute atomic E-state index is 0.141. The van der Waals surface area contributed by atoms with Crippen molar-refractivity contribution in [3.05, 3.63) is 54.1 Å². The number of ketones is 2. The van der Waals surface area contributed by atoms with Crippen LogP contribution in [0.5, 0.6) is 0 Å². The number of hydrogen-bond donors (Lipinski definition) is 2. The van der Waals surface area contributed by atoms with Gasteiger partial charge in [-0.1, -0.05) is 32.4 Å². The molecule has 0 bridgehead atoms. The van der Waals surface area contributed by atoms with Crippen LogP contribution in [0.25, 0.3) is 0 Å². The predicted octanol–water partition coefficient (Wildman–Crippen LogP) is 1.30. The molecule has 3 fully saturated rings. The van der Waals surface area contributed by atoms with E-state index in [1.165, 1.54) is 12.2 Å². The molecule has 0 amide bonds. The Labute approximate surface area is 323 Å². The van der Waals surface area contributed by atoms with Crippen LogP contribution >= 0.6 is 11.6 Å². The molecule has 0 heterocycles. The molecule has 0 aromatic heterocycles. The van der Waals surface area contributed by atoms with Gasteiger partial charge in [-0.25, -0.2) is 0 Å². The van der Waals surface area contributed by atoms with Crippen molar-refractivity contribution in [2.45, 2.75) is 94.4 Å². The summed E-state index contributed by atoms with van der Waals surface area (Å²) in [6.45, 7) is 1.90. The number of carbonyl (C=O) groups excluding carboxylic acids is 5. The summed E-state index contributed by atoms with van der Waals surface area (Å²) in [5.74, 6) is -6.09. The van der Waals surface area contributed by atoms with Crippen LogP contribution < -0.4 is 5.73 Å². The van der Waals surface area contributed by atoms with Gasteiger partial charge in [-0.05, 0) is 56.1 Å². The maximum absolute atomic E-state index is 14.5. The molecule has 10 atom stereocenters. The molecule has 310 valence electrons. The van der Waals surface area contributed by atoms with Crippen molar-refractivity contribution in [2.75, 3.05) is 26.4 Å². The molecule has 4 aliphatic rings. The van der Waals surface area contributed by atoms with Crippen LogP contribution in [0.4, 0.5) is 0 Å². The number of aliphatic hydroxyl groups excluding tert-OH is 1. The van der Waals surface area contributed by atoms with Crippen molar-refractivity contribution in [1.29, 1.82) is 0 Å². The molecule has 4 unspecified atom stereocenters. The highest BCUT2D eigenvalue weighted by Gasteiger charge is 2.76. The lowest BCUT2D eigenvalue weighted by atomic mass is 9.45. The molecule has 4 aliphatic carbocycles. The van der Waals surface area contributed by atoms with E-state index in [1.807, 2.05) is 6.92 Å². The first-order chi connectivity index (χ1) is 26.1. The van der Waals surface area contributed by atoms with Gasteiger partial charge < -0.3 is 39.6 Å². The van der Waals surface area contributed by atoms with Gasteiger partial charge in [0.2, 0.25) is 5.78 Å². The molecule has 22 nitrogen and oxygen atoms in total. The second kappa shape index (κ2) is 17.0. The summed E-state index contributed by atoms with van der Waals surface area (Å²) in [7, 11) is 0. The number of hydrogen-bond acceptors (Lipinski definition) is 19. The van der Waals surface area contributed by atoms with Crippen LogP contribution in [-0.2, 0) is 52.7 Å². The Kier molecular flexibility index (Phi) is 13.3. The highest BCUT2D eigenvalue weighted by molar-refractivity contribution is 6.26. The molecule has 0 aromatic carbocycles. The third kappa shape index (κ3) is 8.41. The zero-order chi connectivity index (χ0) is 41.8. The number of nitrogens with zero attached hydrogens (tertiary/aromatic N) is 3. The number of alkyl halides is 1. The minimum Gasteiger partial charge on any atom is -0.462 e.